The first-order chi connectivity index (χ1) is 10.3. The number of rotatable bonds is 5. The lowest BCUT2D eigenvalue weighted by atomic mass is 9.96. The first kappa shape index (κ1) is 14.6. The van der Waals surface area contributed by atoms with Gasteiger partial charge in [0.25, 0.3) is 0 Å². The van der Waals surface area contributed by atoms with Crippen molar-refractivity contribution in [2.45, 2.75) is 44.6 Å². The van der Waals surface area contributed by atoms with Gasteiger partial charge in [0.15, 0.2) is 5.75 Å². The second kappa shape index (κ2) is 7.07. The van der Waals surface area contributed by atoms with Crippen molar-refractivity contribution < 1.29 is 4.74 Å². The van der Waals surface area contributed by atoms with Crippen LogP contribution in [0.25, 0.3) is 0 Å². The number of ether oxygens (including phenoxy) is 1. The molecule has 116 valence electrons. The highest BCUT2D eigenvalue weighted by Crippen LogP contribution is 2.21. The lowest BCUT2D eigenvalue weighted by molar-refractivity contribution is 0.247. The van der Waals surface area contributed by atoms with Crippen LogP contribution >= 0.6 is 0 Å². The van der Waals surface area contributed by atoms with Gasteiger partial charge in [-0.3, -0.25) is 0 Å². The molecule has 1 saturated carbocycles. The van der Waals surface area contributed by atoms with Gasteiger partial charge in [-0.2, -0.15) is 0 Å². The van der Waals surface area contributed by atoms with E-state index in [1.54, 1.807) is 12.4 Å². The first-order valence-electron chi connectivity index (χ1n) is 8.19. The summed E-state index contributed by atoms with van der Waals surface area (Å²) in [6.07, 6.45) is 11.3. The summed E-state index contributed by atoms with van der Waals surface area (Å²) in [4.78, 5) is 11.1. The van der Waals surface area contributed by atoms with Gasteiger partial charge in [0.2, 0.25) is 5.95 Å². The normalized spacial score (nSPS) is 24.1. The van der Waals surface area contributed by atoms with Crippen molar-refractivity contribution in [3.8, 4) is 5.75 Å². The number of nitrogens with zero attached hydrogens (tertiary/aromatic N) is 3. The van der Waals surface area contributed by atoms with E-state index in [9.17, 15) is 0 Å². The molecule has 1 aromatic heterocycles. The van der Waals surface area contributed by atoms with Gasteiger partial charge in [-0.1, -0.05) is 19.3 Å². The molecule has 3 rings (SSSR count). The van der Waals surface area contributed by atoms with Crippen molar-refractivity contribution >= 4 is 5.95 Å². The molecule has 1 unspecified atom stereocenters. The zero-order chi connectivity index (χ0) is 14.5. The van der Waals surface area contributed by atoms with E-state index in [-0.39, 0.29) is 0 Å². The molecule has 1 saturated heterocycles. The molecule has 5 nitrogen and oxygen atoms in total. The summed E-state index contributed by atoms with van der Waals surface area (Å²) >= 11 is 0. The van der Waals surface area contributed by atoms with Gasteiger partial charge in [0, 0.05) is 18.5 Å². The van der Waals surface area contributed by atoms with E-state index in [4.69, 9.17) is 4.74 Å². The number of hydrogen-bond acceptors (Lipinski definition) is 5. The third-order valence-electron chi connectivity index (χ3n) is 4.54. The van der Waals surface area contributed by atoms with Crippen molar-refractivity contribution in [3.05, 3.63) is 12.4 Å². The summed E-state index contributed by atoms with van der Waals surface area (Å²) < 4.78 is 5.80. The molecule has 5 heteroatoms. The minimum Gasteiger partial charge on any atom is -0.490 e. The number of nitrogens with one attached hydrogen (secondary N) is 1. The van der Waals surface area contributed by atoms with Crippen LogP contribution in [0, 0.1) is 5.92 Å². The van der Waals surface area contributed by atoms with Crippen LogP contribution in [0.2, 0.25) is 0 Å². The Hall–Kier alpha value is -1.36. The van der Waals surface area contributed by atoms with Gasteiger partial charge in [0.1, 0.15) is 0 Å². The van der Waals surface area contributed by atoms with Gasteiger partial charge in [-0.05, 0) is 32.9 Å². The number of anilines is 1. The molecule has 2 heterocycles. The average Bonchev–Trinajstić information content (AvgIpc) is 2.93. The summed E-state index contributed by atoms with van der Waals surface area (Å²) in [6.45, 7) is 3.07. The summed E-state index contributed by atoms with van der Waals surface area (Å²) in [5.74, 6) is 2.14. The fourth-order valence-electron chi connectivity index (χ4n) is 3.27. The zero-order valence-electron chi connectivity index (χ0n) is 12.9. The molecule has 0 amide bonds. The predicted molar refractivity (Wildman–Crippen MR) is 83.6 cm³/mol. The molecule has 2 aliphatic rings. The molecular formula is C16H26N4O. The Morgan fingerprint density at radius 3 is 2.62 bits per heavy atom. The third kappa shape index (κ3) is 4.30. The van der Waals surface area contributed by atoms with Crippen LogP contribution in [0.3, 0.4) is 0 Å². The van der Waals surface area contributed by atoms with Crippen LogP contribution in [0.4, 0.5) is 5.95 Å². The Bertz CT molecular complexity index is 430. The van der Waals surface area contributed by atoms with Gasteiger partial charge in [-0.25, -0.2) is 9.97 Å². The summed E-state index contributed by atoms with van der Waals surface area (Å²) in [7, 11) is 2.16. The van der Waals surface area contributed by atoms with Crippen LogP contribution in [-0.4, -0.2) is 47.7 Å². The molecule has 0 spiro atoms. The molecule has 1 aliphatic carbocycles. The standard InChI is InChI=1S/C16H26N4O/c1-20-8-7-13(11-20)12-21-15-9-17-16(18-10-15)19-14-5-3-2-4-6-14/h9-10,13-14H,2-8,11-12H2,1H3,(H,17,18,19). The molecule has 1 atom stereocenters. The van der Waals surface area contributed by atoms with Gasteiger partial charge in [0.05, 0.1) is 19.0 Å². The zero-order valence-corrected chi connectivity index (χ0v) is 12.9. The van der Waals surface area contributed by atoms with E-state index in [1.807, 2.05) is 0 Å². The highest BCUT2D eigenvalue weighted by Gasteiger charge is 2.20. The van der Waals surface area contributed by atoms with Gasteiger partial charge in [-0.15, -0.1) is 0 Å². The van der Waals surface area contributed by atoms with E-state index in [0.29, 0.717) is 12.0 Å². The second-order valence-corrected chi connectivity index (χ2v) is 6.45. The van der Waals surface area contributed by atoms with E-state index in [2.05, 4.69) is 27.2 Å². The molecule has 1 aromatic rings. The Morgan fingerprint density at radius 2 is 1.95 bits per heavy atom. The number of hydrogen-bond donors (Lipinski definition) is 1. The van der Waals surface area contributed by atoms with E-state index in [1.165, 1.54) is 45.1 Å². The summed E-state index contributed by atoms with van der Waals surface area (Å²) in [5.41, 5.74) is 0. The topological polar surface area (TPSA) is 50.3 Å². The minimum absolute atomic E-state index is 0.541. The Morgan fingerprint density at radius 1 is 1.19 bits per heavy atom. The fraction of sp³-hybridized carbons (Fsp3) is 0.750. The SMILES string of the molecule is CN1CCC(COc2cnc(NC3CCCCC3)nc2)C1. The largest absolute Gasteiger partial charge is 0.490 e. The molecule has 1 N–H and O–H groups in total. The van der Waals surface area contributed by atoms with Crippen LogP contribution in [-0.2, 0) is 0 Å². The third-order valence-corrected chi connectivity index (χ3v) is 4.54. The van der Waals surface area contributed by atoms with Crippen molar-refractivity contribution in [1.82, 2.24) is 14.9 Å². The van der Waals surface area contributed by atoms with Crippen LogP contribution in [0.15, 0.2) is 12.4 Å². The maximum Gasteiger partial charge on any atom is 0.223 e. The molecule has 21 heavy (non-hydrogen) atoms. The average molecular weight is 290 g/mol. The molecule has 2 fully saturated rings. The van der Waals surface area contributed by atoms with Crippen molar-refractivity contribution in [3.63, 3.8) is 0 Å². The minimum atomic E-state index is 0.541. The lowest BCUT2D eigenvalue weighted by Gasteiger charge is -2.22. The van der Waals surface area contributed by atoms with Gasteiger partial charge >= 0.3 is 0 Å². The monoisotopic (exact) mass is 290 g/mol. The molecule has 0 bridgehead atoms. The Kier molecular flexibility index (Phi) is 4.91. The molecular weight excluding hydrogens is 264 g/mol. The second-order valence-electron chi connectivity index (χ2n) is 6.45. The quantitative estimate of drug-likeness (QED) is 0.903. The molecule has 0 radical (unpaired) electrons. The summed E-state index contributed by atoms with van der Waals surface area (Å²) in [5, 5.41) is 3.43. The van der Waals surface area contributed by atoms with Crippen LogP contribution in [0.5, 0.6) is 5.75 Å². The van der Waals surface area contributed by atoms with Crippen molar-refractivity contribution in [2.24, 2.45) is 5.92 Å². The van der Waals surface area contributed by atoms with E-state index < -0.39 is 0 Å². The first-order valence-corrected chi connectivity index (χ1v) is 8.19. The highest BCUT2D eigenvalue weighted by molar-refractivity contribution is 5.28. The van der Waals surface area contributed by atoms with Crippen molar-refractivity contribution in [2.75, 3.05) is 32.1 Å². The van der Waals surface area contributed by atoms with E-state index >= 15 is 0 Å². The fourth-order valence-corrected chi connectivity index (χ4v) is 3.27. The molecule has 0 aromatic carbocycles. The Labute approximate surface area is 127 Å². The smallest absolute Gasteiger partial charge is 0.223 e. The Balaban J connectivity index is 1.45. The summed E-state index contributed by atoms with van der Waals surface area (Å²) in [6, 6.07) is 0.541. The number of aromatic nitrogens is 2. The lowest BCUT2D eigenvalue weighted by Crippen LogP contribution is -2.23. The van der Waals surface area contributed by atoms with Crippen LogP contribution < -0.4 is 10.1 Å². The van der Waals surface area contributed by atoms with Crippen LogP contribution in [0.1, 0.15) is 38.5 Å². The van der Waals surface area contributed by atoms with Crippen molar-refractivity contribution in [1.29, 1.82) is 0 Å². The van der Waals surface area contributed by atoms with E-state index in [0.717, 1.165) is 24.8 Å². The predicted octanol–water partition coefficient (Wildman–Crippen LogP) is 2.55. The van der Waals surface area contributed by atoms with Gasteiger partial charge < -0.3 is 15.0 Å². The maximum absolute atomic E-state index is 5.80. The molecule has 1 aliphatic heterocycles. The number of likely N-dealkylation sites (tertiary alicyclic amines) is 1. The highest BCUT2D eigenvalue weighted by atomic mass is 16.5. The maximum atomic E-state index is 5.80.